The molecular weight excluding hydrogens is 399 g/mol. The summed E-state index contributed by atoms with van der Waals surface area (Å²) in [6.45, 7) is 0.785. The number of rotatable bonds is 5. The summed E-state index contributed by atoms with van der Waals surface area (Å²) in [5.41, 5.74) is 2.96. The van der Waals surface area contributed by atoms with Crippen molar-refractivity contribution in [3.05, 3.63) is 77.5 Å². The van der Waals surface area contributed by atoms with E-state index in [1.807, 2.05) is 18.2 Å². The van der Waals surface area contributed by atoms with Crippen molar-refractivity contribution < 1.29 is 13.9 Å². The van der Waals surface area contributed by atoms with Crippen LogP contribution >= 0.6 is 0 Å². The summed E-state index contributed by atoms with van der Waals surface area (Å²) in [5, 5.41) is 11.3. The monoisotopic (exact) mass is 418 g/mol. The molecule has 3 heterocycles. The fourth-order valence-corrected chi connectivity index (χ4v) is 3.73. The van der Waals surface area contributed by atoms with Gasteiger partial charge in [-0.05, 0) is 24.3 Å². The minimum absolute atomic E-state index is 0.185. The van der Waals surface area contributed by atoms with Gasteiger partial charge in [-0.2, -0.15) is 0 Å². The predicted octanol–water partition coefficient (Wildman–Crippen LogP) is 3.09. The van der Waals surface area contributed by atoms with Crippen LogP contribution in [0.15, 0.2) is 55.0 Å². The first-order chi connectivity index (χ1) is 15.1. The van der Waals surface area contributed by atoms with E-state index in [1.165, 1.54) is 17.3 Å². The summed E-state index contributed by atoms with van der Waals surface area (Å²) in [5.74, 6) is 0.689. The van der Waals surface area contributed by atoms with Gasteiger partial charge in [-0.1, -0.05) is 18.2 Å². The Morgan fingerprint density at radius 3 is 2.94 bits per heavy atom. The number of carbonyl (C=O) groups excluding carboxylic acids is 1. The highest BCUT2D eigenvalue weighted by molar-refractivity contribution is 6.07. The van der Waals surface area contributed by atoms with Crippen molar-refractivity contribution in [2.24, 2.45) is 0 Å². The third-order valence-corrected chi connectivity index (χ3v) is 5.36. The molecule has 1 amide bonds. The van der Waals surface area contributed by atoms with Crippen molar-refractivity contribution in [1.29, 1.82) is 0 Å². The number of aromatic nitrogens is 4. The number of benzene rings is 2. The van der Waals surface area contributed by atoms with Gasteiger partial charge in [0.25, 0.3) is 5.91 Å². The van der Waals surface area contributed by atoms with Crippen LogP contribution in [-0.4, -0.2) is 39.1 Å². The number of ether oxygens (including phenoxy) is 1. The highest BCUT2D eigenvalue weighted by atomic mass is 19.1. The Morgan fingerprint density at radius 1 is 1.26 bits per heavy atom. The molecule has 2 aromatic heterocycles. The molecular formula is C22H19FN6O2. The number of nitrogens with one attached hydrogen (secondary N) is 1. The summed E-state index contributed by atoms with van der Waals surface area (Å²) in [7, 11) is 1.66. The van der Waals surface area contributed by atoms with Crippen LogP contribution in [0, 0.1) is 5.82 Å². The number of fused-ring (bicyclic) bond motifs is 2. The van der Waals surface area contributed by atoms with E-state index in [0.717, 1.165) is 11.3 Å². The Labute approximate surface area is 177 Å². The van der Waals surface area contributed by atoms with Crippen molar-refractivity contribution in [3.63, 3.8) is 0 Å². The smallest absolute Gasteiger partial charge is 0.258 e. The largest absolute Gasteiger partial charge is 0.493 e. The lowest BCUT2D eigenvalue weighted by atomic mass is 10.0. The highest BCUT2D eigenvalue weighted by Gasteiger charge is 2.21. The van der Waals surface area contributed by atoms with Gasteiger partial charge < -0.3 is 15.0 Å². The summed E-state index contributed by atoms with van der Waals surface area (Å²) in [6.07, 6.45) is 3.73. The summed E-state index contributed by atoms with van der Waals surface area (Å²) < 4.78 is 21.6. The second-order valence-corrected chi connectivity index (χ2v) is 7.18. The average molecular weight is 418 g/mol. The van der Waals surface area contributed by atoms with Crippen LogP contribution in [0.25, 0.3) is 5.65 Å². The molecule has 0 radical (unpaired) electrons. The maximum absolute atomic E-state index is 14.4. The van der Waals surface area contributed by atoms with Crippen molar-refractivity contribution in [2.75, 3.05) is 23.9 Å². The Bertz CT molecular complexity index is 1270. The molecule has 0 saturated carbocycles. The first-order valence-electron chi connectivity index (χ1n) is 9.82. The fraction of sp³-hybridized carbons (Fsp3) is 0.182. The first kappa shape index (κ1) is 19.0. The molecule has 31 heavy (non-hydrogen) atoms. The fourth-order valence-electron chi connectivity index (χ4n) is 3.73. The zero-order valence-electron chi connectivity index (χ0n) is 16.7. The van der Waals surface area contributed by atoms with Crippen molar-refractivity contribution in [3.8, 4) is 5.75 Å². The van der Waals surface area contributed by atoms with Gasteiger partial charge in [0, 0.05) is 36.7 Å². The van der Waals surface area contributed by atoms with E-state index in [1.54, 1.807) is 35.8 Å². The lowest BCUT2D eigenvalue weighted by Gasteiger charge is -2.18. The Morgan fingerprint density at radius 2 is 2.10 bits per heavy atom. The predicted molar refractivity (Wildman–Crippen MR) is 113 cm³/mol. The Kier molecular flexibility index (Phi) is 4.70. The zero-order valence-corrected chi connectivity index (χ0v) is 16.7. The normalized spacial score (nSPS) is 12.5. The molecule has 8 nitrogen and oxygen atoms in total. The number of nitrogens with zero attached hydrogens (tertiary/aromatic N) is 5. The van der Waals surface area contributed by atoms with Crippen molar-refractivity contribution in [1.82, 2.24) is 19.6 Å². The maximum Gasteiger partial charge on any atom is 0.258 e. The van der Waals surface area contributed by atoms with Crippen LogP contribution in [0.2, 0.25) is 0 Å². The van der Waals surface area contributed by atoms with Crippen LogP contribution in [0.4, 0.5) is 16.0 Å². The average Bonchev–Trinajstić information content (AvgIpc) is 3.48. The number of anilines is 2. The lowest BCUT2D eigenvalue weighted by Crippen LogP contribution is -2.27. The molecule has 0 bridgehead atoms. The van der Waals surface area contributed by atoms with Gasteiger partial charge in [-0.25, -0.2) is 13.8 Å². The number of hydrogen-bond acceptors (Lipinski definition) is 6. The molecule has 4 aromatic rings. The van der Waals surface area contributed by atoms with Gasteiger partial charge >= 0.3 is 0 Å². The van der Waals surface area contributed by atoms with Crippen molar-refractivity contribution >= 4 is 23.2 Å². The molecule has 0 aliphatic carbocycles. The van der Waals surface area contributed by atoms with Gasteiger partial charge in [-0.15, -0.1) is 10.2 Å². The number of hydrogen-bond donors (Lipinski definition) is 1. The third-order valence-electron chi connectivity index (χ3n) is 5.36. The topological polar surface area (TPSA) is 84.7 Å². The molecule has 1 N–H and O–H groups in total. The molecule has 0 atom stereocenters. The second kappa shape index (κ2) is 7.67. The van der Waals surface area contributed by atoms with Gasteiger partial charge in [-0.3, -0.25) is 4.79 Å². The SMILES string of the molecule is CN(C(=O)c1ccccc1)c1cnc(NCc2c(F)ccc3c2CCO3)n2cnnc12. The zero-order chi connectivity index (χ0) is 21.4. The number of carbonyl (C=O) groups is 1. The Balaban J connectivity index is 1.43. The Hall–Kier alpha value is -4.01. The molecule has 0 saturated heterocycles. The lowest BCUT2D eigenvalue weighted by molar-refractivity contribution is 0.0993. The van der Waals surface area contributed by atoms with E-state index in [2.05, 4.69) is 20.5 Å². The van der Waals surface area contributed by atoms with Gasteiger partial charge in [0.15, 0.2) is 5.65 Å². The molecule has 0 unspecified atom stereocenters. The van der Waals surface area contributed by atoms with Crippen LogP contribution in [0.1, 0.15) is 21.5 Å². The molecule has 0 spiro atoms. The molecule has 5 rings (SSSR count). The molecule has 2 aromatic carbocycles. The van der Waals surface area contributed by atoms with E-state index < -0.39 is 0 Å². The van der Waals surface area contributed by atoms with E-state index >= 15 is 0 Å². The quantitative estimate of drug-likeness (QED) is 0.536. The maximum atomic E-state index is 14.4. The standard InChI is InChI=1S/C22H19FN6O2/c1-28(21(30)14-5-3-2-4-6-14)18-12-25-22(29-13-26-27-20(18)29)24-11-16-15-9-10-31-19(15)8-7-17(16)23/h2-8,12-13H,9-11H2,1H3,(H,24,25). The second-order valence-electron chi connectivity index (χ2n) is 7.18. The minimum atomic E-state index is -0.290. The summed E-state index contributed by atoms with van der Waals surface area (Å²) in [4.78, 5) is 18.7. The first-order valence-corrected chi connectivity index (χ1v) is 9.82. The van der Waals surface area contributed by atoms with E-state index in [-0.39, 0.29) is 18.3 Å². The summed E-state index contributed by atoms with van der Waals surface area (Å²) in [6, 6.07) is 12.0. The van der Waals surface area contributed by atoms with Gasteiger partial charge in [0.2, 0.25) is 5.95 Å². The molecule has 1 aliphatic rings. The number of halogens is 1. The van der Waals surface area contributed by atoms with Gasteiger partial charge in [0.1, 0.15) is 23.6 Å². The molecule has 156 valence electrons. The van der Waals surface area contributed by atoms with Crippen LogP contribution in [0.3, 0.4) is 0 Å². The van der Waals surface area contributed by atoms with E-state index in [9.17, 15) is 9.18 Å². The minimum Gasteiger partial charge on any atom is -0.493 e. The summed E-state index contributed by atoms with van der Waals surface area (Å²) >= 11 is 0. The van der Waals surface area contributed by atoms with Crippen molar-refractivity contribution in [2.45, 2.75) is 13.0 Å². The van der Waals surface area contributed by atoms with Crippen LogP contribution in [0.5, 0.6) is 5.75 Å². The van der Waals surface area contributed by atoms with Gasteiger partial charge in [0.05, 0.1) is 12.8 Å². The highest BCUT2D eigenvalue weighted by Crippen LogP contribution is 2.31. The molecule has 0 fully saturated rings. The van der Waals surface area contributed by atoms with Crippen LogP contribution in [-0.2, 0) is 13.0 Å². The third kappa shape index (κ3) is 3.33. The number of amides is 1. The van der Waals surface area contributed by atoms with E-state index in [4.69, 9.17) is 4.74 Å². The van der Waals surface area contributed by atoms with Crippen LogP contribution < -0.4 is 15.0 Å². The van der Waals surface area contributed by atoms with E-state index in [0.29, 0.717) is 41.4 Å². The molecule has 9 heteroatoms. The molecule has 1 aliphatic heterocycles.